The van der Waals surface area contributed by atoms with Crippen LogP contribution in [0, 0.1) is 28.6 Å². The molecule has 13 nitrogen and oxygen atoms in total. The van der Waals surface area contributed by atoms with Gasteiger partial charge < -0.3 is 60.8 Å². The molecule has 9 N–H and O–H groups in total. The van der Waals surface area contributed by atoms with Gasteiger partial charge >= 0.3 is 5.97 Å². The first-order valence-corrected chi connectivity index (χ1v) is 20.4. The van der Waals surface area contributed by atoms with E-state index >= 15 is 0 Å². The molecule has 7 rings (SSSR count). The number of rotatable bonds is 13. The number of aliphatic hydroxyl groups excluding tert-OH is 2. The van der Waals surface area contributed by atoms with Crippen LogP contribution in [0.5, 0.6) is 28.7 Å². The van der Waals surface area contributed by atoms with Crippen LogP contribution in [0.2, 0.25) is 0 Å². The molecule has 1 saturated carbocycles. The number of phenolic OH excluding ortho intramolecular Hbond substituents is 2. The first-order valence-electron chi connectivity index (χ1n) is 20.4. The first-order chi connectivity index (χ1) is 27.4. The molecule has 2 aromatic carbocycles. The number of aryl methyl sites for hydroxylation is 1. The summed E-state index contributed by atoms with van der Waals surface area (Å²) in [6, 6.07) is 8.27. The number of nitrogens with two attached hydrogens (primary N) is 1. The quantitative estimate of drug-likeness (QED) is 0.128. The molecule has 0 radical (unpaired) electrons. The summed E-state index contributed by atoms with van der Waals surface area (Å²) in [4.78, 5) is 13.4. The number of aliphatic carboxylic acids is 1. The number of benzene rings is 2. The number of allylic oxidation sites excluding steroid dienone is 3. The van der Waals surface area contributed by atoms with Crippen molar-refractivity contribution in [2.45, 2.75) is 95.1 Å². The van der Waals surface area contributed by atoms with Crippen LogP contribution in [0.15, 0.2) is 66.0 Å². The highest BCUT2D eigenvalue weighted by atomic mass is 16.5. The van der Waals surface area contributed by atoms with Crippen molar-refractivity contribution in [2.24, 2.45) is 34.3 Å². The molecule has 57 heavy (non-hydrogen) atoms. The lowest BCUT2D eigenvalue weighted by molar-refractivity contribution is -0.160. The summed E-state index contributed by atoms with van der Waals surface area (Å²) in [6.45, 7) is 2.61. The van der Waals surface area contributed by atoms with E-state index < -0.39 is 41.5 Å². The number of nitrogens with one attached hydrogen (secondary N) is 2. The second-order valence-electron chi connectivity index (χ2n) is 16.7. The van der Waals surface area contributed by atoms with Crippen LogP contribution in [-0.2, 0) is 16.0 Å². The molecule has 5 aliphatic rings. The van der Waals surface area contributed by atoms with Gasteiger partial charge in [-0.15, -0.1) is 0 Å². The molecule has 13 heteroatoms. The maximum Gasteiger partial charge on any atom is 0.311 e. The molecule has 3 fully saturated rings. The second-order valence-corrected chi connectivity index (χ2v) is 16.7. The van der Waals surface area contributed by atoms with Crippen molar-refractivity contribution < 1.29 is 49.3 Å². The van der Waals surface area contributed by atoms with Gasteiger partial charge in [0.05, 0.1) is 44.3 Å². The minimum absolute atomic E-state index is 0.0572. The summed E-state index contributed by atoms with van der Waals surface area (Å²) in [5.41, 5.74) is 7.77. The highest BCUT2D eigenvalue weighted by Gasteiger charge is 2.68. The topological polar surface area (TPSA) is 205 Å². The number of methoxy groups -OCH3 is 2. The van der Waals surface area contributed by atoms with E-state index in [9.17, 15) is 30.3 Å². The Hall–Kier alpha value is -4.43. The van der Waals surface area contributed by atoms with E-state index in [1.54, 1.807) is 24.3 Å². The Balaban J connectivity index is 1.21. The summed E-state index contributed by atoms with van der Waals surface area (Å²) in [7, 11) is 2.96. The Morgan fingerprint density at radius 1 is 1.04 bits per heavy atom. The third-order valence-electron chi connectivity index (χ3n) is 13.6. The minimum Gasteiger partial charge on any atom is -0.504 e. The van der Waals surface area contributed by atoms with Crippen molar-refractivity contribution in [3.05, 3.63) is 77.2 Å². The highest BCUT2D eigenvalue weighted by molar-refractivity contribution is 5.75. The van der Waals surface area contributed by atoms with Crippen molar-refractivity contribution >= 4 is 5.97 Å². The van der Waals surface area contributed by atoms with Crippen molar-refractivity contribution in [3.8, 4) is 28.7 Å². The van der Waals surface area contributed by atoms with E-state index in [0.717, 1.165) is 43.2 Å². The smallest absolute Gasteiger partial charge is 0.311 e. The Morgan fingerprint density at radius 2 is 1.79 bits per heavy atom. The molecule has 0 amide bonds. The van der Waals surface area contributed by atoms with Gasteiger partial charge in [-0.25, -0.2) is 0 Å². The van der Waals surface area contributed by atoms with E-state index in [1.807, 2.05) is 18.2 Å². The number of ether oxygens (including phenoxy) is 4. The predicted molar refractivity (Wildman–Crippen MR) is 213 cm³/mol. The number of phenols is 2. The van der Waals surface area contributed by atoms with E-state index in [0.29, 0.717) is 42.9 Å². The standard InChI is InChI=1S/C44H59N3O10/c1-25-23-43(14-4-5-15-43)44(31(9-10-32(44)42(52)53)27-12-16-46-39(45)21-27)38(47-25)24-56-37-20-28(19-36(55-3)40(37)51)41-30(13-17-48)34(50)22-29(57-41)8-6-26-7-11-33(49)35(18-26)54-2/h7,9-12,18-21,25,29-32,34,38,41,46-51H,4-6,8,13-17,22-24,45H2,1-3H3,(H,52,53)/t25-,29+,30+,31+,32+,34+,38-,41-,44+/m1/s1. The van der Waals surface area contributed by atoms with Crippen molar-refractivity contribution in [3.63, 3.8) is 0 Å². The highest BCUT2D eigenvalue weighted by Crippen LogP contribution is 2.68. The molecule has 2 saturated heterocycles. The molecule has 2 aromatic rings. The lowest BCUT2D eigenvalue weighted by Crippen LogP contribution is -2.69. The van der Waals surface area contributed by atoms with Gasteiger partial charge in [0.15, 0.2) is 23.0 Å². The van der Waals surface area contributed by atoms with Crippen LogP contribution >= 0.6 is 0 Å². The predicted octanol–water partition coefficient (Wildman–Crippen LogP) is 4.83. The molecule has 3 heterocycles. The Labute approximate surface area is 334 Å². The molecule has 3 aliphatic heterocycles. The molecule has 0 aromatic heterocycles. The number of carbonyl (C=O) groups is 1. The van der Waals surface area contributed by atoms with E-state index in [2.05, 4.69) is 29.7 Å². The Bertz CT molecular complexity index is 1870. The summed E-state index contributed by atoms with van der Waals surface area (Å²) in [6.07, 6.45) is 12.7. The maximum atomic E-state index is 13.4. The minimum atomic E-state index is -0.874. The van der Waals surface area contributed by atoms with Crippen molar-refractivity contribution in [1.29, 1.82) is 0 Å². The monoisotopic (exact) mass is 789 g/mol. The normalized spacial score (nSPS) is 31.8. The van der Waals surface area contributed by atoms with Gasteiger partial charge in [0.25, 0.3) is 0 Å². The lowest BCUT2D eigenvalue weighted by atomic mass is 9.46. The molecule has 9 atom stereocenters. The SMILES string of the molecule is COc1cc(CC[C@H]2C[C@H](O)[C@H](CCO)[C@@H](c3cc(OC)c(O)c(OC[C@H]4N[C@H](C)CC5(CCCC5)[C@@]45[C@H](C(=O)O)C=C[C@H]5C4=CCNC(N)=C4)c3)O2)ccc1O. The zero-order valence-electron chi connectivity index (χ0n) is 33.2. The van der Waals surface area contributed by atoms with Gasteiger partial charge in [-0.3, -0.25) is 4.79 Å². The van der Waals surface area contributed by atoms with Gasteiger partial charge in [-0.1, -0.05) is 37.1 Å². The summed E-state index contributed by atoms with van der Waals surface area (Å²) in [5.74, 6) is -1.25. The first kappa shape index (κ1) is 40.8. The summed E-state index contributed by atoms with van der Waals surface area (Å²) >= 11 is 0. The van der Waals surface area contributed by atoms with Crippen LogP contribution in [0.1, 0.15) is 75.5 Å². The van der Waals surface area contributed by atoms with Gasteiger partial charge in [-0.05, 0) is 104 Å². The molecule has 2 spiro atoms. The number of carboxylic acids is 1. The van der Waals surface area contributed by atoms with E-state index in [4.69, 9.17) is 24.7 Å². The Kier molecular flexibility index (Phi) is 12.0. The second kappa shape index (κ2) is 16.8. The number of aliphatic hydroxyl groups is 2. The average Bonchev–Trinajstić information content (AvgIpc) is 3.83. The fourth-order valence-electron chi connectivity index (χ4n) is 11.3. The third-order valence-corrected chi connectivity index (χ3v) is 13.6. The number of dihydropyridines is 1. The zero-order chi connectivity index (χ0) is 40.5. The average molecular weight is 790 g/mol. The van der Waals surface area contributed by atoms with Crippen LogP contribution < -0.4 is 30.6 Å². The number of carboxylic acid groups (broad SMARTS) is 1. The molecule has 0 unspecified atom stereocenters. The van der Waals surface area contributed by atoms with Gasteiger partial charge in [0.1, 0.15) is 6.61 Å². The van der Waals surface area contributed by atoms with Gasteiger partial charge in [0.2, 0.25) is 5.75 Å². The molecular weight excluding hydrogens is 730 g/mol. The maximum absolute atomic E-state index is 13.4. The Morgan fingerprint density at radius 3 is 2.49 bits per heavy atom. The molecule has 0 bridgehead atoms. The number of hydrogen-bond acceptors (Lipinski definition) is 12. The number of fused-ring (bicyclic) bond motifs is 1. The number of aromatic hydroxyl groups is 2. The van der Waals surface area contributed by atoms with E-state index in [-0.39, 0.29) is 66.1 Å². The fourth-order valence-corrected chi connectivity index (χ4v) is 11.3. The lowest BCUT2D eigenvalue weighted by Gasteiger charge is -2.61. The largest absolute Gasteiger partial charge is 0.504 e. The van der Waals surface area contributed by atoms with Gasteiger partial charge in [-0.2, -0.15) is 0 Å². The zero-order valence-corrected chi connectivity index (χ0v) is 33.2. The third kappa shape index (κ3) is 7.55. The van der Waals surface area contributed by atoms with Crippen LogP contribution in [0.25, 0.3) is 0 Å². The van der Waals surface area contributed by atoms with Gasteiger partial charge in [0, 0.05) is 42.5 Å². The fraction of sp³-hybridized carbons (Fsp3) is 0.568. The van der Waals surface area contributed by atoms with Crippen LogP contribution in [-0.4, -0.2) is 89.8 Å². The number of piperidine rings is 1. The van der Waals surface area contributed by atoms with Crippen molar-refractivity contribution in [1.82, 2.24) is 10.6 Å². The number of hydrogen-bond donors (Lipinski definition) is 8. The summed E-state index contributed by atoms with van der Waals surface area (Å²) < 4.78 is 24.4. The van der Waals surface area contributed by atoms with Crippen molar-refractivity contribution in [2.75, 3.05) is 34.0 Å². The van der Waals surface area contributed by atoms with Crippen LogP contribution in [0.3, 0.4) is 0 Å². The van der Waals surface area contributed by atoms with Crippen LogP contribution in [0.4, 0.5) is 0 Å². The molecule has 310 valence electrons. The summed E-state index contributed by atoms with van der Waals surface area (Å²) in [5, 5.41) is 61.0. The molecule has 2 aliphatic carbocycles. The van der Waals surface area contributed by atoms with E-state index in [1.165, 1.54) is 14.2 Å². The molecular formula is C44H59N3O10.